The van der Waals surface area contributed by atoms with Gasteiger partial charge in [0.1, 0.15) is 17.3 Å². The lowest BCUT2D eigenvalue weighted by Crippen LogP contribution is -2.44. The Labute approximate surface area is 170 Å². The van der Waals surface area contributed by atoms with Crippen LogP contribution in [0.2, 0.25) is 5.02 Å². The van der Waals surface area contributed by atoms with Crippen molar-refractivity contribution in [2.24, 2.45) is 0 Å². The molecular formula is C19H16ClFN4O4. The van der Waals surface area contributed by atoms with E-state index in [1.165, 1.54) is 18.2 Å². The summed E-state index contributed by atoms with van der Waals surface area (Å²) >= 11 is 5.72. The molecule has 0 saturated carbocycles. The van der Waals surface area contributed by atoms with E-state index in [1.807, 2.05) is 6.07 Å². The smallest absolute Gasteiger partial charge is 0.260 e. The van der Waals surface area contributed by atoms with Gasteiger partial charge in [0, 0.05) is 18.8 Å². The highest BCUT2D eigenvalue weighted by atomic mass is 35.5. The van der Waals surface area contributed by atoms with Crippen molar-refractivity contribution in [3.8, 4) is 17.3 Å². The van der Waals surface area contributed by atoms with Crippen molar-refractivity contribution < 1.29 is 23.2 Å². The molecule has 1 aliphatic rings. The van der Waals surface area contributed by atoms with E-state index in [1.54, 1.807) is 23.2 Å². The molecule has 0 aliphatic carbocycles. The molecule has 1 fully saturated rings. The van der Waals surface area contributed by atoms with Gasteiger partial charge in [-0.15, -0.1) is 0 Å². The van der Waals surface area contributed by atoms with E-state index in [4.69, 9.17) is 25.6 Å². The number of pyridine rings is 1. The van der Waals surface area contributed by atoms with Gasteiger partial charge >= 0.3 is 0 Å². The van der Waals surface area contributed by atoms with Crippen LogP contribution < -0.4 is 4.74 Å². The van der Waals surface area contributed by atoms with Gasteiger partial charge in [-0.3, -0.25) is 9.78 Å². The Morgan fingerprint density at radius 1 is 1.34 bits per heavy atom. The van der Waals surface area contributed by atoms with E-state index in [-0.39, 0.29) is 30.0 Å². The van der Waals surface area contributed by atoms with Crippen LogP contribution in [0.15, 0.2) is 47.1 Å². The Bertz CT molecular complexity index is 1000. The molecule has 1 aromatic carbocycles. The number of aromatic nitrogens is 3. The lowest BCUT2D eigenvalue weighted by Gasteiger charge is -2.31. The van der Waals surface area contributed by atoms with Gasteiger partial charge < -0.3 is 18.9 Å². The zero-order valence-electron chi connectivity index (χ0n) is 15.1. The summed E-state index contributed by atoms with van der Waals surface area (Å²) in [5.74, 6) is 0.138. The normalized spacial score (nSPS) is 16.6. The number of benzene rings is 1. The molecule has 4 rings (SSSR count). The monoisotopic (exact) mass is 418 g/mol. The molecule has 1 atom stereocenters. The standard InChI is InChI=1S/C19H16ClFN4O4/c20-13-9-12(4-5-14(13)21)28-11-17(26)25-7-8-27-16(10-25)19-23-18(24-29-19)15-3-1-2-6-22-15/h1-6,9,16H,7-8,10-11H2. The van der Waals surface area contributed by atoms with Crippen LogP contribution in [0.4, 0.5) is 4.39 Å². The summed E-state index contributed by atoms with van der Waals surface area (Å²) < 4.78 is 29.6. The van der Waals surface area contributed by atoms with Crippen LogP contribution in [0.1, 0.15) is 12.0 Å². The molecule has 1 amide bonds. The SMILES string of the molecule is O=C(COc1ccc(F)c(Cl)c1)N1CCOC(c2nc(-c3ccccn3)no2)C1. The summed E-state index contributed by atoms with van der Waals surface area (Å²) in [6, 6.07) is 9.30. The summed E-state index contributed by atoms with van der Waals surface area (Å²) in [4.78, 5) is 22.6. The zero-order valence-corrected chi connectivity index (χ0v) is 15.9. The van der Waals surface area contributed by atoms with E-state index >= 15 is 0 Å². The summed E-state index contributed by atoms with van der Waals surface area (Å²) in [5, 5.41) is 3.85. The maximum Gasteiger partial charge on any atom is 0.260 e. The summed E-state index contributed by atoms with van der Waals surface area (Å²) in [6.45, 7) is 0.762. The first kappa shape index (κ1) is 19.3. The first-order valence-electron chi connectivity index (χ1n) is 8.82. The first-order chi connectivity index (χ1) is 14.1. The van der Waals surface area contributed by atoms with Crippen molar-refractivity contribution in [3.63, 3.8) is 0 Å². The lowest BCUT2D eigenvalue weighted by atomic mass is 10.2. The fourth-order valence-corrected chi connectivity index (χ4v) is 2.96. The number of ether oxygens (including phenoxy) is 2. The fourth-order valence-electron chi connectivity index (χ4n) is 2.79. The fraction of sp³-hybridized carbons (Fsp3) is 0.263. The summed E-state index contributed by atoms with van der Waals surface area (Å²) in [6.07, 6.45) is 1.09. The van der Waals surface area contributed by atoms with Crippen molar-refractivity contribution in [1.29, 1.82) is 0 Å². The van der Waals surface area contributed by atoms with Gasteiger partial charge in [-0.1, -0.05) is 22.8 Å². The van der Waals surface area contributed by atoms with E-state index in [0.29, 0.717) is 30.4 Å². The van der Waals surface area contributed by atoms with Crippen molar-refractivity contribution in [1.82, 2.24) is 20.0 Å². The number of amides is 1. The van der Waals surface area contributed by atoms with Crippen LogP contribution in [0, 0.1) is 5.82 Å². The predicted molar refractivity (Wildman–Crippen MR) is 99.7 cm³/mol. The number of nitrogens with zero attached hydrogens (tertiary/aromatic N) is 4. The van der Waals surface area contributed by atoms with Crippen LogP contribution in [0.5, 0.6) is 5.75 Å². The first-order valence-corrected chi connectivity index (χ1v) is 9.20. The second-order valence-electron chi connectivity index (χ2n) is 6.23. The maximum absolute atomic E-state index is 13.2. The third-order valence-corrected chi connectivity index (χ3v) is 4.57. The molecule has 1 saturated heterocycles. The molecule has 2 aromatic heterocycles. The molecule has 0 radical (unpaired) electrons. The number of morpholine rings is 1. The quantitative estimate of drug-likeness (QED) is 0.629. The third kappa shape index (κ3) is 4.52. The van der Waals surface area contributed by atoms with Crippen LogP contribution in [0.25, 0.3) is 11.5 Å². The number of halogens is 2. The number of hydrogen-bond donors (Lipinski definition) is 0. The van der Waals surface area contributed by atoms with E-state index in [0.717, 1.165) is 0 Å². The maximum atomic E-state index is 13.2. The summed E-state index contributed by atoms with van der Waals surface area (Å²) in [5.41, 5.74) is 0.581. The number of carbonyl (C=O) groups is 1. The molecule has 10 heteroatoms. The van der Waals surface area contributed by atoms with Crippen molar-refractivity contribution in [2.45, 2.75) is 6.10 Å². The van der Waals surface area contributed by atoms with E-state index in [2.05, 4.69) is 15.1 Å². The van der Waals surface area contributed by atoms with E-state index < -0.39 is 11.9 Å². The highest BCUT2D eigenvalue weighted by Crippen LogP contribution is 2.24. The molecule has 0 spiro atoms. The van der Waals surface area contributed by atoms with Gasteiger partial charge in [0.15, 0.2) is 12.7 Å². The summed E-state index contributed by atoms with van der Waals surface area (Å²) in [7, 11) is 0. The predicted octanol–water partition coefficient (Wildman–Crippen LogP) is 2.90. The molecular weight excluding hydrogens is 403 g/mol. The highest BCUT2D eigenvalue weighted by molar-refractivity contribution is 6.30. The largest absolute Gasteiger partial charge is 0.484 e. The van der Waals surface area contributed by atoms with Crippen molar-refractivity contribution >= 4 is 17.5 Å². The van der Waals surface area contributed by atoms with Crippen molar-refractivity contribution in [2.75, 3.05) is 26.3 Å². The van der Waals surface area contributed by atoms with Gasteiger partial charge in [-0.25, -0.2) is 4.39 Å². The van der Waals surface area contributed by atoms with Crippen LogP contribution in [0.3, 0.4) is 0 Å². The molecule has 3 heterocycles. The third-order valence-electron chi connectivity index (χ3n) is 4.28. The number of carbonyl (C=O) groups excluding carboxylic acids is 1. The molecule has 1 unspecified atom stereocenters. The molecule has 1 aliphatic heterocycles. The minimum Gasteiger partial charge on any atom is -0.484 e. The number of rotatable bonds is 5. The Hall–Kier alpha value is -3.04. The minimum absolute atomic E-state index is 0.0681. The Kier molecular flexibility index (Phi) is 5.68. The van der Waals surface area contributed by atoms with Crippen LogP contribution in [-0.4, -0.2) is 52.2 Å². The highest BCUT2D eigenvalue weighted by Gasteiger charge is 2.30. The van der Waals surface area contributed by atoms with Crippen LogP contribution >= 0.6 is 11.6 Å². The second kappa shape index (κ2) is 8.54. The van der Waals surface area contributed by atoms with Gasteiger partial charge in [-0.05, 0) is 24.3 Å². The minimum atomic E-state index is -0.550. The lowest BCUT2D eigenvalue weighted by molar-refractivity contribution is -0.142. The Balaban J connectivity index is 1.37. The zero-order chi connectivity index (χ0) is 20.2. The Morgan fingerprint density at radius 3 is 3.03 bits per heavy atom. The molecule has 0 bridgehead atoms. The van der Waals surface area contributed by atoms with Gasteiger partial charge in [0.25, 0.3) is 11.8 Å². The average Bonchev–Trinajstić information content (AvgIpc) is 3.25. The topological polar surface area (TPSA) is 90.6 Å². The van der Waals surface area contributed by atoms with Gasteiger partial charge in [0.05, 0.1) is 18.2 Å². The average molecular weight is 419 g/mol. The van der Waals surface area contributed by atoms with Gasteiger partial charge in [-0.2, -0.15) is 4.98 Å². The molecule has 29 heavy (non-hydrogen) atoms. The second-order valence-corrected chi connectivity index (χ2v) is 6.64. The Morgan fingerprint density at radius 2 is 2.24 bits per heavy atom. The molecule has 0 N–H and O–H groups in total. The van der Waals surface area contributed by atoms with Crippen LogP contribution in [-0.2, 0) is 9.53 Å². The van der Waals surface area contributed by atoms with Gasteiger partial charge in [0.2, 0.25) is 5.82 Å². The number of hydrogen-bond acceptors (Lipinski definition) is 7. The molecule has 8 nitrogen and oxygen atoms in total. The molecule has 3 aromatic rings. The van der Waals surface area contributed by atoms with E-state index in [9.17, 15) is 9.18 Å². The molecule has 150 valence electrons. The van der Waals surface area contributed by atoms with Crippen molar-refractivity contribution in [3.05, 3.63) is 59.3 Å².